The highest BCUT2D eigenvalue weighted by molar-refractivity contribution is 5.78. The van der Waals surface area contributed by atoms with Crippen LogP contribution in [0.25, 0.3) is 0 Å². The predicted octanol–water partition coefficient (Wildman–Crippen LogP) is 1.88. The molecule has 1 unspecified atom stereocenters. The minimum Gasteiger partial charge on any atom is -0.459 e. The van der Waals surface area contributed by atoms with Gasteiger partial charge < -0.3 is 10.1 Å². The highest BCUT2D eigenvalue weighted by Crippen LogP contribution is 2.33. The van der Waals surface area contributed by atoms with Crippen molar-refractivity contribution in [3.63, 3.8) is 0 Å². The molecule has 1 aliphatic rings. The molecule has 0 aromatic carbocycles. The van der Waals surface area contributed by atoms with E-state index in [1.54, 1.807) is 6.08 Å². The Hall–Kier alpha value is -0.830. The third kappa shape index (κ3) is 3.06. The molecule has 1 rings (SSSR count). The number of ether oxygens (including phenoxy) is 1. The van der Waals surface area contributed by atoms with Gasteiger partial charge in [0.15, 0.2) is 0 Å². The lowest BCUT2D eigenvalue weighted by atomic mass is 9.83. The minimum absolute atomic E-state index is 0.0973. The highest BCUT2D eigenvalue weighted by Gasteiger charge is 2.42. The topological polar surface area (TPSA) is 38.3 Å². The van der Waals surface area contributed by atoms with Gasteiger partial charge >= 0.3 is 5.97 Å². The number of rotatable bonds is 3. The van der Waals surface area contributed by atoms with Crippen LogP contribution in [0.3, 0.4) is 0 Å². The average molecular weight is 211 g/mol. The van der Waals surface area contributed by atoms with Crippen LogP contribution in [0.15, 0.2) is 12.7 Å². The maximum Gasteiger partial charge on any atom is 0.314 e. The number of carbonyl (C=O) groups is 1. The summed E-state index contributed by atoms with van der Waals surface area (Å²) in [6, 6.07) is 0. The van der Waals surface area contributed by atoms with E-state index in [-0.39, 0.29) is 11.4 Å². The SMILES string of the molecule is C=CCC1(C(=O)OC(C)(C)C)CCNC1. The summed E-state index contributed by atoms with van der Waals surface area (Å²) in [5, 5.41) is 3.22. The van der Waals surface area contributed by atoms with Crippen LogP contribution in [0.4, 0.5) is 0 Å². The molecule has 0 amide bonds. The molecule has 1 fully saturated rings. The van der Waals surface area contributed by atoms with Gasteiger partial charge in [0, 0.05) is 6.54 Å². The van der Waals surface area contributed by atoms with Crippen molar-refractivity contribution in [3.05, 3.63) is 12.7 Å². The van der Waals surface area contributed by atoms with Crippen molar-refractivity contribution in [1.29, 1.82) is 0 Å². The van der Waals surface area contributed by atoms with E-state index in [9.17, 15) is 4.79 Å². The monoisotopic (exact) mass is 211 g/mol. The first-order chi connectivity index (χ1) is 6.90. The molecular formula is C12H21NO2. The van der Waals surface area contributed by atoms with Crippen molar-refractivity contribution in [2.75, 3.05) is 13.1 Å². The molecule has 0 saturated carbocycles. The first kappa shape index (κ1) is 12.2. The molecule has 0 bridgehead atoms. The Morgan fingerprint density at radius 3 is 2.67 bits per heavy atom. The second kappa shape index (κ2) is 4.35. The van der Waals surface area contributed by atoms with E-state index in [1.807, 2.05) is 20.8 Å². The zero-order chi connectivity index (χ0) is 11.5. The lowest BCUT2D eigenvalue weighted by Gasteiger charge is -2.29. The van der Waals surface area contributed by atoms with Crippen molar-refractivity contribution in [2.24, 2.45) is 5.41 Å². The van der Waals surface area contributed by atoms with Crippen molar-refractivity contribution >= 4 is 5.97 Å². The van der Waals surface area contributed by atoms with E-state index < -0.39 is 5.60 Å². The van der Waals surface area contributed by atoms with Crippen LogP contribution in [0.1, 0.15) is 33.6 Å². The van der Waals surface area contributed by atoms with Gasteiger partial charge in [-0.05, 0) is 40.2 Å². The Kier molecular flexibility index (Phi) is 3.55. The van der Waals surface area contributed by atoms with E-state index in [1.165, 1.54) is 0 Å². The summed E-state index contributed by atoms with van der Waals surface area (Å²) in [5.74, 6) is -0.0973. The van der Waals surface area contributed by atoms with Crippen molar-refractivity contribution in [2.45, 2.75) is 39.2 Å². The van der Waals surface area contributed by atoms with Gasteiger partial charge in [0.2, 0.25) is 0 Å². The summed E-state index contributed by atoms with van der Waals surface area (Å²) in [6.45, 7) is 11.0. The fraction of sp³-hybridized carbons (Fsp3) is 0.750. The number of allylic oxidation sites excluding steroid dienone is 1. The molecule has 3 heteroatoms. The van der Waals surface area contributed by atoms with Crippen LogP contribution in [0, 0.1) is 5.41 Å². The smallest absolute Gasteiger partial charge is 0.314 e. The van der Waals surface area contributed by atoms with Crippen LogP contribution in [0.2, 0.25) is 0 Å². The molecule has 1 aliphatic heterocycles. The molecule has 15 heavy (non-hydrogen) atoms. The zero-order valence-electron chi connectivity index (χ0n) is 9.93. The molecule has 3 nitrogen and oxygen atoms in total. The Labute approximate surface area is 91.9 Å². The molecule has 0 aromatic heterocycles. The third-order valence-electron chi connectivity index (χ3n) is 2.61. The van der Waals surface area contributed by atoms with Crippen LogP contribution in [-0.4, -0.2) is 24.7 Å². The van der Waals surface area contributed by atoms with Gasteiger partial charge in [-0.15, -0.1) is 6.58 Å². The summed E-state index contributed by atoms with van der Waals surface area (Å²) in [6.07, 6.45) is 3.33. The van der Waals surface area contributed by atoms with Crippen molar-refractivity contribution in [3.8, 4) is 0 Å². The van der Waals surface area contributed by atoms with Crippen molar-refractivity contribution < 1.29 is 9.53 Å². The molecule has 1 N–H and O–H groups in total. The molecule has 0 aliphatic carbocycles. The number of nitrogens with one attached hydrogen (secondary N) is 1. The van der Waals surface area contributed by atoms with E-state index in [2.05, 4.69) is 11.9 Å². The zero-order valence-corrected chi connectivity index (χ0v) is 9.93. The number of hydrogen-bond acceptors (Lipinski definition) is 3. The van der Waals surface area contributed by atoms with Crippen LogP contribution < -0.4 is 5.32 Å². The van der Waals surface area contributed by atoms with Crippen LogP contribution in [0.5, 0.6) is 0 Å². The van der Waals surface area contributed by atoms with Crippen molar-refractivity contribution in [1.82, 2.24) is 5.32 Å². The summed E-state index contributed by atoms with van der Waals surface area (Å²) >= 11 is 0. The normalized spacial score (nSPS) is 26.3. The van der Waals surface area contributed by atoms with Gasteiger partial charge in [-0.25, -0.2) is 0 Å². The molecule has 0 spiro atoms. The summed E-state index contributed by atoms with van der Waals surface area (Å²) in [7, 11) is 0. The van der Waals surface area contributed by atoms with Crippen LogP contribution >= 0.6 is 0 Å². The quantitative estimate of drug-likeness (QED) is 0.572. The van der Waals surface area contributed by atoms with Gasteiger partial charge in [-0.3, -0.25) is 4.79 Å². The Morgan fingerprint density at radius 1 is 1.60 bits per heavy atom. The number of esters is 1. The fourth-order valence-electron chi connectivity index (χ4n) is 1.84. The van der Waals surface area contributed by atoms with Gasteiger partial charge in [0.1, 0.15) is 5.60 Å². The van der Waals surface area contributed by atoms with Crippen LogP contribution in [-0.2, 0) is 9.53 Å². The second-order valence-electron chi connectivity index (χ2n) is 5.20. The van der Waals surface area contributed by atoms with Gasteiger partial charge in [0.25, 0.3) is 0 Å². The molecule has 86 valence electrons. The van der Waals surface area contributed by atoms with Gasteiger partial charge in [-0.1, -0.05) is 6.08 Å². The maximum absolute atomic E-state index is 12.1. The Balaban J connectivity index is 2.72. The Morgan fingerprint density at radius 2 is 2.27 bits per heavy atom. The van der Waals surface area contributed by atoms with E-state index in [0.717, 1.165) is 13.0 Å². The standard InChI is InChI=1S/C12H21NO2/c1-5-6-12(7-8-13-9-12)10(14)15-11(2,3)4/h5,13H,1,6-9H2,2-4H3. The molecule has 1 saturated heterocycles. The fourth-order valence-corrected chi connectivity index (χ4v) is 1.84. The Bertz CT molecular complexity index is 247. The third-order valence-corrected chi connectivity index (χ3v) is 2.61. The second-order valence-corrected chi connectivity index (χ2v) is 5.20. The summed E-state index contributed by atoms with van der Waals surface area (Å²) < 4.78 is 5.45. The maximum atomic E-state index is 12.1. The lowest BCUT2D eigenvalue weighted by Crippen LogP contribution is -2.39. The molecule has 0 radical (unpaired) electrons. The first-order valence-electron chi connectivity index (χ1n) is 5.45. The molecular weight excluding hydrogens is 190 g/mol. The van der Waals surface area contributed by atoms with Gasteiger partial charge in [-0.2, -0.15) is 0 Å². The molecule has 1 heterocycles. The molecule has 1 atom stereocenters. The first-order valence-corrected chi connectivity index (χ1v) is 5.45. The summed E-state index contributed by atoms with van der Waals surface area (Å²) in [4.78, 5) is 12.1. The molecule has 0 aromatic rings. The van der Waals surface area contributed by atoms with Gasteiger partial charge in [0.05, 0.1) is 5.41 Å². The lowest BCUT2D eigenvalue weighted by molar-refractivity contribution is -0.166. The minimum atomic E-state index is -0.409. The summed E-state index contributed by atoms with van der Waals surface area (Å²) in [5.41, 5.74) is -0.789. The van der Waals surface area contributed by atoms with E-state index in [0.29, 0.717) is 13.0 Å². The largest absolute Gasteiger partial charge is 0.459 e. The predicted molar refractivity (Wildman–Crippen MR) is 60.6 cm³/mol. The highest BCUT2D eigenvalue weighted by atomic mass is 16.6. The van der Waals surface area contributed by atoms with E-state index >= 15 is 0 Å². The van der Waals surface area contributed by atoms with E-state index in [4.69, 9.17) is 4.74 Å². The number of hydrogen-bond donors (Lipinski definition) is 1. The number of carbonyl (C=O) groups excluding carboxylic acids is 1. The average Bonchev–Trinajstić information content (AvgIpc) is 2.51.